The number of nitrogens with one attached hydrogen (secondary N) is 2. The van der Waals surface area contributed by atoms with Crippen molar-refractivity contribution in [3.63, 3.8) is 0 Å². The Balaban J connectivity index is 1.90. The van der Waals surface area contributed by atoms with Gasteiger partial charge in [0.05, 0.1) is 24.3 Å². The molecule has 0 radical (unpaired) electrons. The lowest BCUT2D eigenvalue weighted by Gasteiger charge is -2.21. The maximum atomic E-state index is 12.6. The van der Waals surface area contributed by atoms with E-state index in [9.17, 15) is 19.5 Å². The number of nitrogens with zero attached hydrogens (tertiary/aromatic N) is 1. The zero-order chi connectivity index (χ0) is 26.6. The molecule has 0 spiro atoms. The highest BCUT2D eigenvalue weighted by Crippen LogP contribution is 2.42. The molecule has 2 aliphatic rings. The number of carbonyl (C=O) groups is 3. The van der Waals surface area contributed by atoms with Gasteiger partial charge in [-0.3, -0.25) is 14.5 Å². The number of rotatable bonds is 10. The Morgan fingerprint density at radius 1 is 1.36 bits per heavy atom. The molecular formula is C24H30Cl3N3O6. The third-order valence-corrected chi connectivity index (χ3v) is 6.99. The number of esters is 1. The number of anilines is 1. The van der Waals surface area contributed by atoms with Crippen molar-refractivity contribution in [1.82, 2.24) is 10.2 Å². The molecule has 198 valence electrons. The number of alkyl halides is 3. The molecule has 12 heteroatoms. The smallest absolute Gasteiger partial charge is 0.341 e. The molecule has 1 fully saturated rings. The van der Waals surface area contributed by atoms with E-state index < -0.39 is 27.6 Å². The van der Waals surface area contributed by atoms with E-state index in [1.807, 2.05) is 13.0 Å². The van der Waals surface area contributed by atoms with Crippen LogP contribution >= 0.6 is 34.8 Å². The first-order valence-corrected chi connectivity index (χ1v) is 12.7. The Bertz CT molecular complexity index is 1060. The number of hydrogen-bond acceptors (Lipinski definition) is 7. The standard InChI is InChI=1S/C24H30Cl3N3O6/c1-13(10-15(21(31)32)6-8-30-9-7-28-12-30)4-5-16-19(29-23(34)24(25,26)27)18-17(11-36-22(18)33)14(2)20(16)35-3/h4,15,28H,5-12H2,1-3H3,(H,29,34)(H,31,32)/b13-4+. The van der Waals surface area contributed by atoms with Crippen molar-refractivity contribution in [2.75, 3.05) is 38.7 Å². The normalized spacial score (nSPS) is 17.1. The number of carboxylic acids is 1. The first-order chi connectivity index (χ1) is 16.9. The summed E-state index contributed by atoms with van der Waals surface area (Å²) < 4.78 is 8.59. The van der Waals surface area contributed by atoms with Crippen molar-refractivity contribution in [2.45, 2.75) is 43.5 Å². The largest absolute Gasteiger partial charge is 0.496 e. The number of hydrogen-bond donors (Lipinski definition) is 3. The average Bonchev–Trinajstić information content (AvgIpc) is 3.46. The molecule has 0 aromatic heterocycles. The van der Waals surface area contributed by atoms with Crippen molar-refractivity contribution in [3.8, 4) is 5.75 Å². The molecule has 1 amide bonds. The summed E-state index contributed by atoms with van der Waals surface area (Å²) in [5.41, 5.74) is 3.00. The zero-order valence-corrected chi connectivity index (χ0v) is 22.6. The number of carbonyl (C=O) groups excluding carboxylic acids is 2. The van der Waals surface area contributed by atoms with Crippen LogP contribution in [0.4, 0.5) is 5.69 Å². The number of methoxy groups -OCH3 is 1. The fraction of sp³-hybridized carbons (Fsp3) is 0.542. The lowest BCUT2D eigenvalue weighted by Crippen LogP contribution is -2.28. The third-order valence-electron chi connectivity index (χ3n) is 6.48. The van der Waals surface area contributed by atoms with Gasteiger partial charge in [-0.25, -0.2) is 4.79 Å². The molecule has 0 saturated carbocycles. The van der Waals surface area contributed by atoms with Crippen molar-refractivity contribution in [2.24, 2.45) is 5.92 Å². The van der Waals surface area contributed by atoms with Gasteiger partial charge in [0.15, 0.2) is 0 Å². The minimum atomic E-state index is -2.25. The number of carboxylic acid groups (broad SMARTS) is 1. The van der Waals surface area contributed by atoms with Gasteiger partial charge in [0, 0.05) is 37.4 Å². The number of halogens is 3. The fourth-order valence-electron chi connectivity index (χ4n) is 4.52. The molecular weight excluding hydrogens is 533 g/mol. The Morgan fingerprint density at radius 3 is 2.67 bits per heavy atom. The van der Waals surface area contributed by atoms with Gasteiger partial charge in [-0.05, 0) is 38.7 Å². The minimum Gasteiger partial charge on any atom is -0.496 e. The lowest BCUT2D eigenvalue weighted by atomic mass is 9.92. The summed E-state index contributed by atoms with van der Waals surface area (Å²) in [6.45, 7) is 6.97. The molecule has 3 rings (SSSR count). The highest BCUT2D eigenvalue weighted by Gasteiger charge is 2.36. The molecule has 36 heavy (non-hydrogen) atoms. The summed E-state index contributed by atoms with van der Waals surface area (Å²) in [5.74, 6) is -2.44. The van der Waals surface area contributed by atoms with Crippen LogP contribution in [0.15, 0.2) is 11.6 Å². The van der Waals surface area contributed by atoms with Crippen molar-refractivity contribution < 1.29 is 29.0 Å². The van der Waals surface area contributed by atoms with E-state index >= 15 is 0 Å². The van der Waals surface area contributed by atoms with Gasteiger partial charge >= 0.3 is 11.9 Å². The number of fused-ring (bicyclic) bond motifs is 1. The van der Waals surface area contributed by atoms with Gasteiger partial charge in [0.1, 0.15) is 12.4 Å². The summed E-state index contributed by atoms with van der Waals surface area (Å²) in [6.07, 6.45) is 3.00. The van der Waals surface area contributed by atoms with Crippen molar-refractivity contribution in [3.05, 3.63) is 33.9 Å². The zero-order valence-electron chi connectivity index (χ0n) is 20.4. The van der Waals surface area contributed by atoms with Gasteiger partial charge < -0.3 is 25.2 Å². The van der Waals surface area contributed by atoms with E-state index in [-0.39, 0.29) is 24.3 Å². The van der Waals surface area contributed by atoms with Crippen LogP contribution in [-0.4, -0.2) is 65.1 Å². The SMILES string of the molecule is COc1c(C)c2c(c(NC(=O)C(Cl)(Cl)Cl)c1C/C=C(\C)CC(CCN1CCNC1)C(=O)O)C(=O)OC2. The van der Waals surface area contributed by atoms with Crippen molar-refractivity contribution in [1.29, 1.82) is 0 Å². The summed E-state index contributed by atoms with van der Waals surface area (Å²) in [6, 6.07) is 0. The van der Waals surface area contributed by atoms with E-state index in [1.165, 1.54) is 7.11 Å². The summed E-state index contributed by atoms with van der Waals surface area (Å²) >= 11 is 17.3. The van der Waals surface area contributed by atoms with Crippen LogP contribution in [0, 0.1) is 12.8 Å². The quantitative estimate of drug-likeness (QED) is 0.224. The van der Waals surface area contributed by atoms with E-state index in [0.29, 0.717) is 41.8 Å². The first-order valence-electron chi connectivity index (χ1n) is 11.5. The van der Waals surface area contributed by atoms with Gasteiger partial charge in [-0.15, -0.1) is 0 Å². The van der Waals surface area contributed by atoms with Gasteiger partial charge in [-0.2, -0.15) is 0 Å². The molecule has 0 bridgehead atoms. The molecule has 2 aliphatic heterocycles. The number of aliphatic carboxylic acids is 1. The second-order valence-electron chi connectivity index (χ2n) is 8.95. The van der Waals surface area contributed by atoms with Crippen LogP contribution in [0.1, 0.15) is 46.8 Å². The van der Waals surface area contributed by atoms with Crippen LogP contribution in [0.3, 0.4) is 0 Å². The Kier molecular flexibility index (Phi) is 9.51. The first kappa shape index (κ1) is 28.5. The van der Waals surface area contributed by atoms with Crippen LogP contribution in [0.2, 0.25) is 0 Å². The lowest BCUT2D eigenvalue weighted by molar-refractivity contribution is -0.142. The minimum absolute atomic E-state index is 0.0367. The Hall–Kier alpha value is -2.04. The molecule has 1 atom stereocenters. The van der Waals surface area contributed by atoms with Gasteiger partial charge in [-0.1, -0.05) is 46.5 Å². The predicted octanol–water partition coefficient (Wildman–Crippen LogP) is 3.82. The molecule has 1 aromatic rings. The average molecular weight is 563 g/mol. The van der Waals surface area contributed by atoms with E-state index in [4.69, 9.17) is 44.3 Å². The van der Waals surface area contributed by atoms with Gasteiger partial charge in [0.25, 0.3) is 9.70 Å². The number of ether oxygens (including phenoxy) is 2. The highest BCUT2D eigenvalue weighted by molar-refractivity contribution is 6.76. The summed E-state index contributed by atoms with van der Waals surface area (Å²) in [4.78, 5) is 39.1. The molecule has 1 saturated heterocycles. The Morgan fingerprint density at radius 2 is 2.08 bits per heavy atom. The molecule has 1 unspecified atom stereocenters. The van der Waals surface area contributed by atoms with E-state index in [1.54, 1.807) is 6.92 Å². The van der Waals surface area contributed by atoms with Crippen LogP contribution in [0.25, 0.3) is 0 Å². The molecule has 1 aromatic carbocycles. The molecule has 3 N–H and O–H groups in total. The van der Waals surface area contributed by atoms with Crippen molar-refractivity contribution >= 4 is 58.3 Å². The fourth-order valence-corrected chi connectivity index (χ4v) is 4.66. The monoisotopic (exact) mass is 561 g/mol. The third kappa shape index (κ3) is 6.63. The van der Waals surface area contributed by atoms with Gasteiger partial charge in [0.2, 0.25) is 0 Å². The number of allylic oxidation sites excluding steroid dienone is 2. The maximum absolute atomic E-state index is 12.6. The van der Waals surface area contributed by atoms with Crippen LogP contribution in [-0.2, 0) is 27.4 Å². The topological polar surface area (TPSA) is 117 Å². The maximum Gasteiger partial charge on any atom is 0.341 e. The molecule has 2 heterocycles. The predicted molar refractivity (Wildman–Crippen MR) is 138 cm³/mol. The number of cyclic esters (lactones) is 1. The summed E-state index contributed by atoms with van der Waals surface area (Å²) in [5, 5.41) is 15.5. The highest BCUT2D eigenvalue weighted by atomic mass is 35.6. The summed E-state index contributed by atoms with van der Waals surface area (Å²) in [7, 11) is 1.49. The second-order valence-corrected chi connectivity index (χ2v) is 11.2. The molecule has 0 aliphatic carbocycles. The van der Waals surface area contributed by atoms with Crippen LogP contribution < -0.4 is 15.4 Å². The Labute approximate surface area is 225 Å². The second kappa shape index (κ2) is 12.0. The molecule has 9 nitrogen and oxygen atoms in total. The number of benzene rings is 1. The van der Waals surface area contributed by atoms with E-state index in [0.717, 1.165) is 25.3 Å². The number of amides is 1. The van der Waals surface area contributed by atoms with Crippen LogP contribution in [0.5, 0.6) is 5.75 Å². The van der Waals surface area contributed by atoms with E-state index in [2.05, 4.69) is 15.5 Å².